The molecule has 2 aromatic rings. The number of methoxy groups -OCH3 is 1. The summed E-state index contributed by atoms with van der Waals surface area (Å²) in [6.45, 7) is 2.52. The molecule has 2 aromatic carbocycles. The molecular weight excluding hydrogens is 356 g/mol. The van der Waals surface area contributed by atoms with E-state index in [1.54, 1.807) is 7.11 Å². The second-order valence-corrected chi connectivity index (χ2v) is 7.40. The highest BCUT2D eigenvalue weighted by Gasteiger charge is 2.35. The van der Waals surface area contributed by atoms with Crippen molar-refractivity contribution < 1.29 is 19.1 Å². The summed E-state index contributed by atoms with van der Waals surface area (Å²) in [5, 5.41) is 2.84. The van der Waals surface area contributed by atoms with Crippen molar-refractivity contribution in [2.45, 2.75) is 32.4 Å². The predicted molar refractivity (Wildman–Crippen MR) is 104 cm³/mol. The number of carbonyl (C=O) groups is 2. The van der Waals surface area contributed by atoms with Crippen LogP contribution < -0.4 is 14.8 Å². The molecular formula is C22H24N2O4. The Morgan fingerprint density at radius 2 is 2.00 bits per heavy atom. The van der Waals surface area contributed by atoms with Crippen molar-refractivity contribution in [2.24, 2.45) is 5.92 Å². The average Bonchev–Trinajstić information content (AvgIpc) is 3.06. The van der Waals surface area contributed by atoms with Crippen molar-refractivity contribution in [3.63, 3.8) is 0 Å². The van der Waals surface area contributed by atoms with Crippen molar-refractivity contribution in [1.82, 2.24) is 10.2 Å². The Kier molecular flexibility index (Phi) is 4.94. The Bertz CT molecular complexity index is 897. The van der Waals surface area contributed by atoms with Crippen LogP contribution >= 0.6 is 0 Å². The van der Waals surface area contributed by atoms with Gasteiger partial charge in [0.2, 0.25) is 5.91 Å². The average molecular weight is 380 g/mol. The van der Waals surface area contributed by atoms with Crippen LogP contribution in [0.15, 0.2) is 42.5 Å². The van der Waals surface area contributed by atoms with Crippen LogP contribution in [0.3, 0.4) is 0 Å². The zero-order chi connectivity index (χ0) is 19.7. The molecule has 6 nitrogen and oxygen atoms in total. The third kappa shape index (κ3) is 3.54. The molecule has 0 aromatic heterocycles. The Hall–Kier alpha value is -3.02. The lowest BCUT2D eigenvalue weighted by Gasteiger charge is -2.32. The van der Waals surface area contributed by atoms with E-state index in [4.69, 9.17) is 9.47 Å². The molecule has 1 fully saturated rings. The van der Waals surface area contributed by atoms with Gasteiger partial charge >= 0.3 is 6.03 Å². The third-order valence-electron chi connectivity index (χ3n) is 5.31. The lowest BCUT2D eigenvalue weighted by Crippen LogP contribution is -2.54. The number of nitrogens with zero attached hydrogens (tertiary/aromatic N) is 1. The van der Waals surface area contributed by atoms with Crippen LogP contribution in [-0.4, -0.2) is 36.6 Å². The highest BCUT2D eigenvalue weighted by atomic mass is 16.5. The summed E-state index contributed by atoms with van der Waals surface area (Å²) in [5.41, 5.74) is 2.93. The molecule has 0 saturated carbocycles. The van der Waals surface area contributed by atoms with Crippen LogP contribution in [0, 0.1) is 5.92 Å². The molecule has 146 valence electrons. The molecule has 0 bridgehead atoms. The molecule has 0 radical (unpaired) electrons. The van der Waals surface area contributed by atoms with Crippen molar-refractivity contribution in [3.05, 3.63) is 59.2 Å². The lowest BCUT2D eigenvalue weighted by atomic mass is 9.96. The Balaban J connectivity index is 1.55. The summed E-state index contributed by atoms with van der Waals surface area (Å²) in [4.78, 5) is 26.7. The van der Waals surface area contributed by atoms with Crippen molar-refractivity contribution in [3.8, 4) is 11.5 Å². The van der Waals surface area contributed by atoms with E-state index in [1.165, 1.54) is 4.90 Å². The molecule has 28 heavy (non-hydrogen) atoms. The van der Waals surface area contributed by atoms with E-state index in [2.05, 4.69) is 5.32 Å². The van der Waals surface area contributed by atoms with Gasteiger partial charge in [-0.3, -0.25) is 9.69 Å². The highest BCUT2D eigenvalue weighted by molar-refractivity contribution is 5.98. The quantitative estimate of drug-likeness (QED) is 0.866. The first kappa shape index (κ1) is 18.3. The predicted octanol–water partition coefficient (Wildman–Crippen LogP) is 2.93. The van der Waals surface area contributed by atoms with Gasteiger partial charge < -0.3 is 14.8 Å². The molecule has 1 saturated heterocycles. The SMILES string of the molecule is COc1cc2c(cc1CN1C(=O)NCC(Cc3ccccc3)C1=O)OC(C)C2. The molecule has 3 amide bonds. The number of hydrogen-bond donors (Lipinski definition) is 1. The Labute approximate surface area is 164 Å². The standard InChI is InChI=1S/C22H24N2O4/c1-14-8-16-10-19(27-2)18(11-20(16)28-14)13-24-21(25)17(12-23-22(24)26)9-15-6-4-3-5-7-15/h3-7,10-11,14,17H,8-9,12-13H2,1-2H3,(H,23,26). The van der Waals surface area contributed by atoms with E-state index in [-0.39, 0.29) is 30.5 Å². The maximum absolute atomic E-state index is 13.0. The summed E-state index contributed by atoms with van der Waals surface area (Å²) < 4.78 is 11.3. The van der Waals surface area contributed by atoms with Gasteiger partial charge in [0.15, 0.2) is 0 Å². The van der Waals surface area contributed by atoms with Gasteiger partial charge in [0.25, 0.3) is 0 Å². The smallest absolute Gasteiger partial charge is 0.324 e. The molecule has 2 atom stereocenters. The summed E-state index contributed by atoms with van der Waals surface area (Å²) in [6.07, 6.45) is 1.54. The zero-order valence-corrected chi connectivity index (χ0v) is 16.1. The number of hydrogen-bond acceptors (Lipinski definition) is 4. The highest BCUT2D eigenvalue weighted by Crippen LogP contribution is 2.36. The second-order valence-electron chi connectivity index (χ2n) is 7.40. The number of rotatable bonds is 5. The van der Waals surface area contributed by atoms with Gasteiger partial charge in [0.1, 0.15) is 17.6 Å². The maximum atomic E-state index is 13.0. The Morgan fingerprint density at radius 3 is 2.75 bits per heavy atom. The van der Waals surface area contributed by atoms with Gasteiger partial charge in [-0.05, 0) is 31.0 Å². The van der Waals surface area contributed by atoms with Gasteiger partial charge in [-0.2, -0.15) is 0 Å². The molecule has 0 spiro atoms. The topological polar surface area (TPSA) is 67.9 Å². The molecule has 4 rings (SSSR count). The zero-order valence-electron chi connectivity index (χ0n) is 16.1. The van der Waals surface area contributed by atoms with Crippen LogP contribution in [0.4, 0.5) is 4.79 Å². The molecule has 2 aliphatic heterocycles. The summed E-state index contributed by atoms with van der Waals surface area (Å²) >= 11 is 0. The number of ether oxygens (including phenoxy) is 2. The molecule has 6 heteroatoms. The first-order valence-corrected chi connectivity index (χ1v) is 9.54. The van der Waals surface area contributed by atoms with Crippen molar-refractivity contribution in [1.29, 1.82) is 0 Å². The molecule has 2 heterocycles. The molecule has 2 unspecified atom stereocenters. The molecule has 1 N–H and O–H groups in total. The van der Waals surface area contributed by atoms with E-state index in [0.717, 1.165) is 28.9 Å². The monoisotopic (exact) mass is 380 g/mol. The van der Waals surface area contributed by atoms with E-state index in [1.807, 2.05) is 49.4 Å². The fourth-order valence-electron chi connectivity index (χ4n) is 3.89. The summed E-state index contributed by atoms with van der Waals surface area (Å²) in [7, 11) is 1.60. The van der Waals surface area contributed by atoms with E-state index in [0.29, 0.717) is 18.7 Å². The van der Waals surface area contributed by atoms with Crippen LogP contribution in [0.25, 0.3) is 0 Å². The fourth-order valence-corrected chi connectivity index (χ4v) is 3.89. The van der Waals surface area contributed by atoms with Crippen LogP contribution in [0.1, 0.15) is 23.6 Å². The number of fused-ring (bicyclic) bond motifs is 1. The molecule has 2 aliphatic rings. The number of urea groups is 1. The van der Waals surface area contributed by atoms with E-state index >= 15 is 0 Å². The number of carbonyl (C=O) groups excluding carboxylic acids is 2. The van der Waals surface area contributed by atoms with E-state index < -0.39 is 0 Å². The number of amides is 3. The van der Waals surface area contributed by atoms with Gasteiger partial charge in [-0.25, -0.2) is 4.79 Å². The number of imide groups is 1. The minimum absolute atomic E-state index is 0.116. The lowest BCUT2D eigenvalue weighted by molar-refractivity contribution is -0.134. The molecule has 0 aliphatic carbocycles. The third-order valence-corrected chi connectivity index (χ3v) is 5.31. The van der Waals surface area contributed by atoms with E-state index in [9.17, 15) is 9.59 Å². The second kappa shape index (κ2) is 7.54. The van der Waals surface area contributed by atoms with Crippen LogP contribution in [-0.2, 0) is 24.2 Å². The Morgan fingerprint density at radius 1 is 1.21 bits per heavy atom. The van der Waals surface area contributed by atoms with Crippen LogP contribution in [0.5, 0.6) is 11.5 Å². The van der Waals surface area contributed by atoms with Gasteiger partial charge in [0.05, 0.1) is 19.6 Å². The van der Waals surface area contributed by atoms with Crippen molar-refractivity contribution >= 4 is 11.9 Å². The first-order chi connectivity index (χ1) is 13.5. The van der Waals surface area contributed by atoms with Crippen LogP contribution in [0.2, 0.25) is 0 Å². The summed E-state index contributed by atoms with van der Waals surface area (Å²) in [5.74, 6) is 1.03. The largest absolute Gasteiger partial charge is 0.496 e. The minimum atomic E-state index is -0.369. The van der Waals surface area contributed by atoms with Gasteiger partial charge in [-0.15, -0.1) is 0 Å². The van der Waals surface area contributed by atoms with Gasteiger partial charge in [0, 0.05) is 24.1 Å². The number of benzene rings is 2. The van der Waals surface area contributed by atoms with Gasteiger partial charge in [-0.1, -0.05) is 30.3 Å². The van der Waals surface area contributed by atoms with Crippen molar-refractivity contribution in [2.75, 3.05) is 13.7 Å². The maximum Gasteiger partial charge on any atom is 0.324 e. The minimum Gasteiger partial charge on any atom is -0.496 e. The fraction of sp³-hybridized carbons (Fsp3) is 0.364. The summed E-state index contributed by atoms with van der Waals surface area (Å²) in [6, 6.07) is 13.3. The number of nitrogens with one attached hydrogen (secondary N) is 1. The first-order valence-electron chi connectivity index (χ1n) is 9.54. The normalized spacial score (nSPS) is 21.1.